The van der Waals surface area contributed by atoms with Gasteiger partial charge >= 0.3 is 0 Å². The maximum Gasteiger partial charge on any atom is 0.253 e. The van der Waals surface area contributed by atoms with Crippen molar-refractivity contribution >= 4 is 33.2 Å². The van der Waals surface area contributed by atoms with E-state index in [9.17, 15) is 13.2 Å². The number of nitrogens with zero attached hydrogens (tertiary/aromatic N) is 1. The van der Waals surface area contributed by atoms with E-state index in [1.807, 2.05) is 0 Å². The van der Waals surface area contributed by atoms with Gasteiger partial charge < -0.3 is 11.1 Å². The van der Waals surface area contributed by atoms with E-state index in [-0.39, 0.29) is 28.9 Å². The number of rotatable bonds is 6. The molecule has 1 rings (SSSR count). The molecule has 0 aliphatic heterocycles. The Morgan fingerprint density at radius 3 is 2.79 bits per heavy atom. The Morgan fingerprint density at radius 2 is 2.16 bits per heavy atom. The minimum absolute atomic E-state index is 0.179. The number of halogens is 1. The lowest BCUT2D eigenvalue weighted by atomic mass is 10.2. The van der Waals surface area contributed by atoms with Gasteiger partial charge in [-0.25, -0.2) is 18.1 Å². The Morgan fingerprint density at radius 1 is 1.47 bits per heavy atom. The van der Waals surface area contributed by atoms with Crippen molar-refractivity contribution in [3.63, 3.8) is 0 Å². The van der Waals surface area contributed by atoms with Crippen LogP contribution in [0, 0.1) is 0 Å². The molecule has 0 saturated carbocycles. The van der Waals surface area contributed by atoms with Crippen LogP contribution in [0.15, 0.2) is 12.3 Å². The van der Waals surface area contributed by atoms with E-state index < -0.39 is 10.0 Å². The minimum atomic E-state index is -3.20. The van der Waals surface area contributed by atoms with E-state index >= 15 is 0 Å². The molecule has 9 heteroatoms. The smallest absolute Gasteiger partial charge is 0.253 e. The molecule has 106 valence electrons. The van der Waals surface area contributed by atoms with E-state index in [0.717, 1.165) is 6.26 Å². The van der Waals surface area contributed by atoms with E-state index in [4.69, 9.17) is 17.3 Å². The lowest BCUT2D eigenvalue weighted by Gasteiger charge is -2.07. The third-order valence-electron chi connectivity index (χ3n) is 2.15. The summed E-state index contributed by atoms with van der Waals surface area (Å²) in [6.45, 7) is 0.576. The summed E-state index contributed by atoms with van der Waals surface area (Å²) in [6, 6.07) is 1.38. The predicted octanol–water partition coefficient (Wildman–Crippen LogP) is -0.0137. The number of nitrogens with one attached hydrogen (secondary N) is 2. The van der Waals surface area contributed by atoms with E-state index in [2.05, 4.69) is 15.0 Å². The van der Waals surface area contributed by atoms with Gasteiger partial charge in [0.25, 0.3) is 5.91 Å². The van der Waals surface area contributed by atoms with Crippen LogP contribution in [0.4, 0.5) is 5.69 Å². The van der Waals surface area contributed by atoms with Crippen molar-refractivity contribution in [3.05, 3.63) is 23.0 Å². The highest BCUT2D eigenvalue weighted by molar-refractivity contribution is 7.88. The van der Waals surface area contributed by atoms with Crippen molar-refractivity contribution in [2.24, 2.45) is 0 Å². The molecule has 19 heavy (non-hydrogen) atoms. The van der Waals surface area contributed by atoms with Crippen LogP contribution in [-0.4, -0.2) is 38.7 Å². The quantitative estimate of drug-likeness (QED) is 0.505. The molecule has 4 N–H and O–H groups in total. The Labute approximate surface area is 116 Å². The maximum atomic E-state index is 11.8. The van der Waals surface area contributed by atoms with Gasteiger partial charge in [-0.2, -0.15) is 0 Å². The zero-order chi connectivity index (χ0) is 14.5. The number of hydrogen-bond donors (Lipinski definition) is 3. The fraction of sp³-hybridized carbons (Fsp3) is 0.400. The largest absolute Gasteiger partial charge is 0.397 e. The normalized spacial score (nSPS) is 11.3. The van der Waals surface area contributed by atoms with E-state index in [1.54, 1.807) is 0 Å². The molecule has 1 aromatic rings. The van der Waals surface area contributed by atoms with Gasteiger partial charge in [-0.1, -0.05) is 11.6 Å². The summed E-state index contributed by atoms with van der Waals surface area (Å²) in [5.74, 6) is -0.374. The van der Waals surface area contributed by atoms with Crippen LogP contribution in [0.5, 0.6) is 0 Å². The Bertz CT molecular complexity index is 562. The number of carbonyl (C=O) groups excluding carboxylic acids is 1. The van der Waals surface area contributed by atoms with Gasteiger partial charge in [-0.05, 0) is 12.5 Å². The first-order valence-electron chi connectivity index (χ1n) is 5.43. The molecule has 0 aliphatic rings. The molecular formula is C10H15ClN4O3S. The summed E-state index contributed by atoms with van der Waals surface area (Å²) < 4.78 is 23.9. The van der Waals surface area contributed by atoms with Crippen molar-refractivity contribution < 1.29 is 13.2 Å². The number of sulfonamides is 1. The Kier molecular flexibility index (Phi) is 5.52. The highest BCUT2D eigenvalue weighted by atomic mass is 35.5. The molecule has 0 fully saturated rings. The third kappa shape index (κ3) is 5.86. The fourth-order valence-electron chi connectivity index (χ4n) is 1.28. The number of pyridine rings is 1. The van der Waals surface area contributed by atoms with E-state index in [0.29, 0.717) is 13.0 Å². The molecule has 0 saturated heterocycles. The summed E-state index contributed by atoms with van der Waals surface area (Å²) in [5, 5.41) is 2.79. The second kappa shape index (κ2) is 6.69. The summed E-state index contributed by atoms with van der Waals surface area (Å²) in [6.07, 6.45) is 2.85. The van der Waals surface area contributed by atoms with Crippen LogP contribution in [0.2, 0.25) is 5.15 Å². The molecule has 1 aromatic heterocycles. The number of aromatic nitrogens is 1. The van der Waals surface area contributed by atoms with Gasteiger partial charge in [0.2, 0.25) is 10.0 Å². The summed E-state index contributed by atoms with van der Waals surface area (Å²) in [5.41, 5.74) is 6.08. The first-order valence-corrected chi connectivity index (χ1v) is 7.70. The van der Waals surface area contributed by atoms with Crippen molar-refractivity contribution in [3.8, 4) is 0 Å². The van der Waals surface area contributed by atoms with Crippen molar-refractivity contribution in [2.45, 2.75) is 6.42 Å². The molecule has 1 amide bonds. The maximum absolute atomic E-state index is 11.8. The van der Waals surface area contributed by atoms with Gasteiger partial charge in [0, 0.05) is 13.1 Å². The van der Waals surface area contributed by atoms with Gasteiger partial charge in [-0.3, -0.25) is 4.79 Å². The third-order valence-corrected chi connectivity index (χ3v) is 3.08. The molecule has 0 radical (unpaired) electrons. The van der Waals surface area contributed by atoms with Gasteiger partial charge in [-0.15, -0.1) is 0 Å². The second-order valence-corrected chi connectivity index (χ2v) is 6.09. The lowest BCUT2D eigenvalue weighted by Crippen LogP contribution is -2.29. The molecule has 0 spiro atoms. The van der Waals surface area contributed by atoms with Gasteiger partial charge in [0.05, 0.1) is 23.7 Å². The molecule has 0 atom stereocenters. The average molecular weight is 307 g/mol. The number of amides is 1. The Hall–Kier alpha value is -1.38. The van der Waals surface area contributed by atoms with Crippen LogP contribution in [-0.2, 0) is 10.0 Å². The standard InChI is InChI=1S/C10H15ClN4O3S/c1-19(17,18)15-4-2-3-13-10(16)7-5-9(11)14-6-8(7)12/h5-6,15H,2-4,12H2,1H3,(H,13,16). The predicted molar refractivity (Wildman–Crippen MR) is 73.5 cm³/mol. The van der Waals surface area contributed by atoms with Crippen molar-refractivity contribution in [1.29, 1.82) is 0 Å². The van der Waals surface area contributed by atoms with Crippen LogP contribution in [0.1, 0.15) is 16.8 Å². The lowest BCUT2D eigenvalue weighted by molar-refractivity contribution is 0.0954. The summed E-state index contributed by atoms with van der Waals surface area (Å²) >= 11 is 5.67. The number of carbonyl (C=O) groups is 1. The van der Waals surface area contributed by atoms with Crippen molar-refractivity contribution in [1.82, 2.24) is 15.0 Å². The number of nitrogen functional groups attached to an aromatic ring is 1. The molecule has 1 heterocycles. The molecule has 7 nitrogen and oxygen atoms in total. The zero-order valence-corrected chi connectivity index (χ0v) is 11.9. The van der Waals surface area contributed by atoms with Crippen LogP contribution in [0.25, 0.3) is 0 Å². The van der Waals surface area contributed by atoms with Crippen LogP contribution >= 0.6 is 11.6 Å². The first-order chi connectivity index (χ1) is 8.79. The molecule has 0 unspecified atom stereocenters. The number of hydrogen-bond acceptors (Lipinski definition) is 5. The zero-order valence-electron chi connectivity index (χ0n) is 10.3. The number of nitrogens with two attached hydrogens (primary N) is 1. The summed E-state index contributed by atoms with van der Waals surface area (Å²) in [4.78, 5) is 15.5. The highest BCUT2D eigenvalue weighted by Crippen LogP contribution is 2.14. The molecule has 0 aromatic carbocycles. The average Bonchev–Trinajstić information content (AvgIpc) is 2.30. The topological polar surface area (TPSA) is 114 Å². The Balaban J connectivity index is 2.42. The monoisotopic (exact) mass is 306 g/mol. The highest BCUT2D eigenvalue weighted by Gasteiger charge is 2.10. The molecule has 0 aliphatic carbocycles. The summed E-state index contributed by atoms with van der Waals surface area (Å²) in [7, 11) is -3.20. The van der Waals surface area contributed by atoms with Crippen LogP contribution < -0.4 is 15.8 Å². The minimum Gasteiger partial charge on any atom is -0.397 e. The first kappa shape index (κ1) is 15.7. The van der Waals surface area contributed by atoms with Gasteiger partial charge in [0.15, 0.2) is 0 Å². The molecule has 0 bridgehead atoms. The van der Waals surface area contributed by atoms with Gasteiger partial charge in [0.1, 0.15) is 5.15 Å². The number of anilines is 1. The van der Waals surface area contributed by atoms with Crippen molar-refractivity contribution in [2.75, 3.05) is 25.1 Å². The second-order valence-electron chi connectivity index (χ2n) is 3.87. The SMILES string of the molecule is CS(=O)(=O)NCCCNC(=O)c1cc(Cl)ncc1N. The van der Waals surface area contributed by atoms with Crippen LogP contribution in [0.3, 0.4) is 0 Å². The van der Waals surface area contributed by atoms with E-state index in [1.165, 1.54) is 12.3 Å². The fourth-order valence-corrected chi connectivity index (χ4v) is 1.95. The molecular weight excluding hydrogens is 292 g/mol.